The van der Waals surface area contributed by atoms with E-state index in [4.69, 9.17) is 10.5 Å². The first-order valence-electron chi connectivity index (χ1n) is 4.90. The van der Waals surface area contributed by atoms with Gasteiger partial charge in [0.25, 0.3) is 0 Å². The maximum absolute atomic E-state index is 11.7. The lowest BCUT2D eigenvalue weighted by Gasteiger charge is -2.16. The van der Waals surface area contributed by atoms with Gasteiger partial charge in [-0.1, -0.05) is 0 Å². The Hall–Kier alpha value is -1.71. The Morgan fingerprint density at radius 1 is 1.53 bits per heavy atom. The summed E-state index contributed by atoms with van der Waals surface area (Å²) < 4.78 is 5.63. The van der Waals surface area contributed by atoms with E-state index in [0.717, 1.165) is 5.69 Å². The maximum Gasteiger partial charge on any atom is 0.230 e. The predicted molar refractivity (Wildman–Crippen MR) is 59.0 cm³/mol. The van der Waals surface area contributed by atoms with E-state index in [9.17, 15) is 4.79 Å². The maximum atomic E-state index is 11.7. The van der Waals surface area contributed by atoms with Gasteiger partial charge >= 0.3 is 0 Å². The van der Waals surface area contributed by atoms with Crippen LogP contribution < -0.4 is 15.4 Å². The van der Waals surface area contributed by atoms with Crippen molar-refractivity contribution in [2.24, 2.45) is 0 Å². The lowest BCUT2D eigenvalue weighted by molar-refractivity contribution is -0.119. The van der Waals surface area contributed by atoms with Crippen LogP contribution in [0.5, 0.6) is 5.75 Å². The Kier molecular flexibility index (Phi) is 2.26. The number of hydrogen-bond donors (Lipinski definition) is 1. The molecule has 1 atom stereocenters. The van der Waals surface area contributed by atoms with E-state index in [1.807, 2.05) is 6.92 Å². The third kappa shape index (κ3) is 1.75. The molecule has 1 unspecified atom stereocenters. The van der Waals surface area contributed by atoms with Crippen LogP contribution in [0.1, 0.15) is 13.3 Å². The molecule has 0 saturated carbocycles. The first kappa shape index (κ1) is 9.83. The van der Waals surface area contributed by atoms with Crippen LogP contribution in [0.2, 0.25) is 0 Å². The Balaban J connectivity index is 2.50. The molecule has 0 aromatic heterocycles. The van der Waals surface area contributed by atoms with Crippen molar-refractivity contribution in [2.45, 2.75) is 19.4 Å². The number of rotatable bonds is 0. The molecule has 2 N–H and O–H groups in total. The minimum absolute atomic E-state index is 0.0480. The van der Waals surface area contributed by atoms with Crippen LogP contribution in [-0.2, 0) is 4.79 Å². The molecule has 4 nitrogen and oxygen atoms in total. The summed E-state index contributed by atoms with van der Waals surface area (Å²) in [6, 6.07) is 5.33. The van der Waals surface area contributed by atoms with Gasteiger partial charge < -0.3 is 15.4 Å². The highest BCUT2D eigenvalue weighted by Crippen LogP contribution is 2.33. The monoisotopic (exact) mass is 206 g/mol. The molecule has 0 aliphatic carbocycles. The molecule has 0 bridgehead atoms. The average Bonchev–Trinajstić information content (AvgIpc) is 2.27. The normalized spacial score (nSPS) is 20.5. The summed E-state index contributed by atoms with van der Waals surface area (Å²) in [4.78, 5) is 13.3. The number of anilines is 2. The third-order valence-electron chi connectivity index (χ3n) is 2.51. The summed E-state index contributed by atoms with van der Waals surface area (Å²) in [6.45, 7) is 1.89. The quantitative estimate of drug-likeness (QED) is 0.653. The first-order valence-corrected chi connectivity index (χ1v) is 4.90. The van der Waals surface area contributed by atoms with Crippen molar-refractivity contribution in [1.29, 1.82) is 0 Å². The van der Waals surface area contributed by atoms with Crippen molar-refractivity contribution >= 4 is 17.3 Å². The topological polar surface area (TPSA) is 55.6 Å². The smallest absolute Gasteiger partial charge is 0.230 e. The number of ether oxygens (including phenoxy) is 1. The van der Waals surface area contributed by atoms with Crippen molar-refractivity contribution in [3.63, 3.8) is 0 Å². The average molecular weight is 206 g/mol. The fourth-order valence-electron chi connectivity index (χ4n) is 1.67. The number of carbonyl (C=O) groups is 1. The summed E-state index contributed by atoms with van der Waals surface area (Å²) in [5.41, 5.74) is 7.05. The number of hydrogen-bond acceptors (Lipinski definition) is 3. The second-order valence-corrected chi connectivity index (χ2v) is 3.81. The Morgan fingerprint density at radius 2 is 2.27 bits per heavy atom. The van der Waals surface area contributed by atoms with E-state index in [1.165, 1.54) is 0 Å². The summed E-state index contributed by atoms with van der Waals surface area (Å²) in [5, 5.41) is 0. The van der Waals surface area contributed by atoms with Crippen LogP contribution in [0.25, 0.3) is 0 Å². The van der Waals surface area contributed by atoms with Crippen LogP contribution in [0.3, 0.4) is 0 Å². The minimum Gasteiger partial charge on any atom is -0.488 e. The van der Waals surface area contributed by atoms with Gasteiger partial charge in [0.2, 0.25) is 5.91 Å². The highest BCUT2D eigenvalue weighted by Gasteiger charge is 2.23. The van der Waals surface area contributed by atoms with E-state index < -0.39 is 0 Å². The Bertz CT molecular complexity index is 404. The zero-order valence-electron chi connectivity index (χ0n) is 8.86. The molecule has 4 heteroatoms. The number of benzene rings is 1. The van der Waals surface area contributed by atoms with Crippen LogP contribution in [0.15, 0.2) is 18.2 Å². The van der Waals surface area contributed by atoms with Gasteiger partial charge in [-0.15, -0.1) is 0 Å². The van der Waals surface area contributed by atoms with Crippen molar-refractivity contribution in [2.75, 3.05) is 17.7 Å². The zero-order chi connectivity index (χ0) is 11.0. The van der Waals surface area contributed by atoms with Gasteiger partial charge in [-0.2, -0.15) is 0 Å². The zero-order valence-corrected chi connectivity index (χ0v) is 8.86. The van der Waals surface area contributed by atoms with Gasteiger partial charge in [-0.05, 0) is 25.1 Å². The van der Waals surface area contributed by atoms with Crippen molar-refractivity contribution in [1.82, 2.24) is 0 Å². The molecular weight excluding hydrogens is 192 g/mol. The number of carbonyl (C=O) groups excluding carboxylic acids is 1. The number of nitrogens with zero attached hydrogens (tertiary/aromatic N) is 1. The molecule has 0 saturated heterocycles. The number of nitrogens with two attached hydrogens (primary N) is 1. The standard InChI is InChI=1S/C11H14N2O2/c1-7-5-11(14)13(2)9-6-8(12)3-4-10(9)15-7/h3-4,6-7H,5,12H2,1-2H3. The van der Waals surface area contributed by atoms with E-state index in [1.54, 1.807) is 30.1 Å². The fourth-order valence-corrected chi connectivity index (χ4v) is 1.67. The molecule has 80 valence electrons. The molecule has 2 rings (SSSR count). The SMILES string of the molecule is CC1CC(=O)N(C)c2cc(N)ccc2O1. The van der Waals surface area contributed by atoms with E-state index in [0.29, 0.717) is 17.9 Å². The molecule has 15 heavy (non-hydrogen) atoms. The van der Waals surface area contributed by atoms with Gasteiger partial charge in [0, 0.05) is 12.7 Å². The molecule has 0 fully saturated rings. The fraction of sp³-hybridized carbons (Fsp3) is 0.364. The predicted octanol–water partition coefficient (Wildman–Crippen LogP) is 1.40. The molecule has 1 amide bonds. The van der Waals surface area contributed by atoms with Gasteiger partial charge in [0.15, 0.2) is 0 Å². The van der Waals surface area contributed by atoms with Crippen LogP contribution in [0.4, 0.5) is 11.4 Å². The molecular formula is C11H14N2O2. The second-order valence-electron chi connectivity index (χ2n) is 3.81. The highest BCUT2D eigenvalue weighted by molar-refractivity contribution is 5.95. The van der Waals surface area contributed by atoms with Gasteiger partial charge in [0.1, 0.15) is 11.9 Å². The van der Waals surface area contributed by atoms with Crippen LogP contribution in [0, 0.1) is 0 Å². The molecule has 0 spiro atoms. The Morgan fingerprint density at radius 3 is 3.00 bits per heavy atom. The van der Waals surface area contributed by atoms with Gasteiger partial charge in [0.05, 0.1) is 12.1 Å². The molecule has 1 aliphatic rings. The number of nitrogen functional groups attached to an aromatic ring is 1. The van der Waals surface area contributed by atoms with Crippen molar-refractivity contribution in [3.05, 3.63) is 18.2 Å². The summed E-state index contributed by atoms with van der Waals surface area (Å²) in [7, 11) is 1.74. The molecule has 1 aromatic carbocycles. The first-order chi connectivity index (χ1) is 7.08. The highest BCUT2D eigenvalue weighted by atomic mass is 16.5. The summed E-state index contributed by atoms with van der Waals surface area (Å²) in [6.07, 6.45) is 0.301. The van der Waals surface area contributed by atoms with Crippen LogP contribution in [-0.4, -0.2) is 19.1 Å². The number of fused-ring (bicyclic) bond motifs is 1. The molecule has 0 radical (unpaired) electrons. The van der Waals surface area contributed by atoms with E-state index >= 15 is 0 Å². The van der Waals surface area contributed by atoms with Crippen LogP contribution >= 0.6 is 0 Å². The molecule has 1 heterocycles. The Labute approximate surface area is 88.6 Å². The minimum atomic E-state index is -0.0928. The van der Waals surface area contributed by atoms with Crippen molar-refractivity contribution in [3.8, 4) is 5.75 Å². The lowest BCUT2D eigenvalue weighted by Crippen LogP contribution is -2.27. The lowest BCUT2D eigenvalue weighted by atomic mass is 10.2. The van der Waals surface area contributed by atoms with Gasteiger partial charge in [-0.25, -0.2) is 0 Å². The molecule has 1 aliphatic heterocycles. The summed E-state index contributed by atoms with van der Waals surface area (Å²) >= 11 is 0. The van der Waals surface area contributed by atoms with E-state index in [-0.39, 0.29) is 12.0 Å². The number of amides is 1. The van der Waals surface area contributed by atoms with Gasteiger partial charge in [-0.3, -0.25) is 4.79 Å². The molecule has 1 aromatic rings. The summed E-state index contributed by atoms with van der Waals surface area (Å²) in [5.74, 6) is 0.761. The third-order valence-corrected chi connectivity index (χ3v) is 2.51. The van der Waals surface area contributed by atoms with Crippen molar-refractivity contribution < 1.29 is 9.53 Å². The largest absolute Gasteiger partial charge is 0.488 e. The van der Waals surface area contributed by atoms with E-state index in [2.05, 4.69) is 0 Å². The second kappa shape index (κ2) is 3.46.